The normalized spacial score (nSPS) is 14.3. The number of likely N-dealkylation sites (tertiary alicyclic amines) is 1. The van der Waals surface area contributed by atoms with E-state index >= 15 is 0 Å². The number of halogens is 1. The van der Waals surface area contributed by atoms with E-state index in [1.807, 2.05) is 30.3 Å². The number of fused-ring (bicyclic) bond motifs is 1. The van der Waals surface area contributed by atoms with Crippen molar-refractivity contribution in [3.8, 4) is 11.3 Å². The molecule has 0 spiro atoms. The number of hydrogen-bond acceptors (Lipinski definition) is 5. The minimum Gasteiger partial charge on any atom is -0.352 e. The number of pyridine rings is 1. The third kappa shape index (κ3) is 4.64. The summed E-state index contributed by atoms with van der Waals surface area (Å²) >= 11 is 0. The molecule has 1 N–H and O–H groups in total. The number of nitrogens with zero attached hydrogens (tertiary/aromatic N) is 3. The van der Waals surface area contributed by atoms with Gasteiger partial charge in [-0.25, -0.2) is 9.37 Å². The summed E-state index contributed by atoms with van der Waals surface area (Å²) in [6, 6.07) is 17.6. The lowest BCUT2D eigenvalue weighted by Crippen LogP contribution is -2.43. The number of rotatable bonds is 5. The Balaban J connectivity index is 1.32. The molecule has 1 fully saturated rings. The number of nitrogens with one attached hydrogen (secondary N) is 1. The molecule has 0 bridgehead atoms. The van der Waals surface area contributed by atoms with Gasteiger partial charge in [-0.15, -0.1) is 0 Å². The van der Waals surface area contributed by atoms with Gasteiger partial charge in [0, 0.05) is 31.1 Å². The molecule has 1 saturated heterocycles. The standard InChI is InChI=1S/C27H25FN4O3/c1-17-24-21(15-23(30-26(24)35-31-17)20-9-5-6-10-22(20)28)27(34)32-13-11-19(12-14-32)25(33)29-16-18-7-3-2-4-8-18/h2-10,15,19H,11-14,16H2,1H3,(H,29,33). The van der Waals surface area contributed by atoms with Gasteiger partial charge in [0.15, 0.2) is 0 Å². The lowest BCUT2D eigenvalue weighted by atomic mass is 9.95. The van der Waals surface area contributed by atoms with Gasteiger partial charge in [0.2, 0.25) is 5.91 Å². The maximum atomic E-state index is 14.4. The Morgan fingerprint density at radius 3 is 2.54 bits per heavy atom. The van der Waals surface area contributed by atoms with E-state index in [0.717, 1.165) is 5.56 Å². The highest BCUT2D eigenvalue weighted by molar-refractivity contribution is 6.07. The summed E-state index contributed by atoms with van der Waals surface area (Å²) < 4.78 is 19.8. The zero-order valence-corrected chi connectivity index (χ0v) is 19.3. The molecule has 2 aromatic heterocycles. The lowest BCUT2D eigenvalue weighted by Gasteiger charge is -2.31. The van der Waals surface area contributed by atoms with E-state index in [1.165, 1.54) is 6.07 Å². The Labute approximate surface area is 201 Å². The summed E-state index contributed by atoms with van der Waals surface area (Å²) in [5, 5.41) is 7.49. The monoisotopic (exact) mass is 472 g/mol. The summed E-state index contributed by atoms with van der Waals surface area (Å²) in [5.41, 5.74) is 2.76. The van der Waals surface area contributed by atoms with Gasteiger partial charge in [-0.3, -0.25) is 9.59 Å². The van der Waals surface area contributed by atoms with E-state index < -0.39 is 5.82 Å². The Morgan fingerprint density at radius 2 is 1.80 bits per heavy atom. The number of hydrogen-bond donors (Lipinski definition) is 1. The molecule has 0 aliphatic carbocycles. The predicted molar refractivity (Wildman–Crippen MR) is 129 cm³/mol. The Kier molecular flexibility index (Phi) is 6.27. The fourth-order valence-electron chi connectivity index (χ4n) is 4.51. The number of piperidine rings is 1. The minimum absolute atomic E-state index is 0.00368. The van der Waals surface area contributed by atoms with Crippen LogP contribution in [0.3, 0.4) is 0 Å². The molecule has 4 aromatic rings. The van der Waals surface area contributed by atoms with Gasteiger partial charge < -0.3 is 14.7 Å². The van der Waals surface area contributed by atoms with Gasteiger partial charge in [-0.2, -0.15) is 0 Å². The molecule has 1 aliphatic rings. The highest BCUT2D eigenvalue weighted by Gasteiger charge is 2.30. The Bertz CT molecular complexity index is 1380. The largest absolute Gasteiger partial charge is 0.352 e. The van der Waals surface area contributed by atoms with Gasteiger partial charge in [0.1, 0.15) is 5.82 Å². The molecular formula is C27H25FN4O3. The van der Waals surface area contributed by atoms with Crippen molar-refractivity contribution in [1.29, 1.82) is 0 Å². The number of carbonyl (C=O) groups is 2. The van der Waals surface area contributed by atoms with E-state index in [0.29, 0.717) is 54.8 Å². The molecule has 5 rings (SSSR count). The predicted octanol–water partition coefficient (Wildman–Crippen LogP) is 4.51. The van der Waals surface area contributed by atoms with Gasteiger partial charge in [-0.05, 0) is 43.5 Å². The van der Waals surface area contributed by atoms with Gasteiger partial charge >= 0.3 is 0 Å². The van der Waals surface area contributed by atoms with Crippen LogP contribution in [0, 0.1) is 18.7 Å². The first kappa shape index (κ1) is 22.7. The number of benzene rings is 2. The van der Waals surface area contributed by atoms with Crippen LogP contribution in [-0.2, 0) is 11.3 Å². The molecule has 0 atom stereocenters. The second-order valence-corrected chi connectivity index (χ2v) is 8.75. The SMILES string of the molecule is Cc1noc2nc(-c3ccccc3F)cc(C(=O)N3CCC(C(=O)NCc4ccccc4)CC3)c12. The van der Waals surface area contributed by atoms with Crippen molar-refractivity contribution in [2.24, 2.45) is 5.92 Å². The fourth-order valence-corrected chi connectivity index (χ4v) is 4.51. The highest BCUT2D eigenvalue weighted by Crippen LogP contribution is 2.30. The summed E-state index contributed by atoms with van der Waals surface area (Å²) in [7, 11) is 0. The topological polar surface area (TPSA) is 88.3 Å². The maximum absolute atomic E-state index is 14.4. The molecule has 35 heavy (non-hydrogen) atoms. The van der Waals surface area contributed by atoms with Crippen molar-refractivity contribution in [3.63, 3.8) is 0 Å². The zero-order valence-electron chi connectivity index (χ0n) is 19.3. The highest BCUT2D eigenvalue weighted by atomic mass is 19.1. The summed E-state index contributed by atoms with van der Waals surface area (Å²) in [6.45, 7) is 3.13. The maximum Gasteiger partial charge on any atom is 0.259 e. The smallest absolute Gasteiger partial charge is 0.259 e. The van der Waals surface area contributed by atoms with Gasteiger partial charge in [0.05, 0.1) is 22.3 Å². The van der Waals surface area contributed by atoms with E-state index in [-0.39, 0.29) is 29.0 Å². The molecule has 7 nitrogen and oxygen atoms in total. The van der Waals surface area contributed by atoms with E-state index in [4.69, 9.17) is 4.52 Å². The average molecular weight is 473 g/mol. The van der Waals surface area contributed by atoms with Crippen LogP contribution in [0.25, 0.3) is 22.4 Å². The van der Waals surface area contributed by atoms with Crippen molar-refractivity contribution >= 4 is 22.9 Å². The van der Waals surface area contributed by atoms with Crippen LogP contribution in [0.5, 0.6) is 0 Å². The lowest BCUT2D eigenvalue weighted by molar-refractivity contribution is -0.126. The summed E-state index contributed by atoms with van der Waals surface area (Å²) in [5.74, 6) is -0.781. The van der Waals surface area contributed by atoms with Crippen LogP contribution < -0.4 is 5.32 Å². The minimum atomic E-state index is -0.434. The molecule has 0 unspecified atom stereocenters. The Hall–Kier alpha value is -4.07. The molecule has 178 valence electrons. The first-order valence-corrected chi connectivity index (χ1v) is 11.6. The van der Waals surface area contributed by atoms with Crippen molar-refractivity contribution < 1.29 is 18.5 Å². The van der Waals surface area contributed by atoms with Crippen LogP contribution >= 0.6 is 0 Å². The van der Waals surface area contributed by atoms with Crippen molar-refractivity contribution in [1.82, 2.24) is 20.4 Å². The average Bonchev–Trinajstić information content (AvgIpc) is 3.28. The summed E-state index contributed by atoms with van der Waals surface area (Å²) in [6.07, 6.45) is 1.15. The quantitative estimate of drug-likeness (QED) is 0.462. The number of aromatic nitrogens is 2. The van der Waals surface area contributed by atoms with Gasteiger partial charge in [0.25, 0.3) is 11.6 Å². The van der Waals surface area contributed by atoms with Gasteiger partial charge in [-0.1, -0.05) is 47.6 Å². The first-order chi connectivity index (χ1) is 17.0. The van der Waals surface area contributed by atoms with E-state index in [1.54, 1.807) is 36.1 Å². The number of aryl methyl sites for hydroxylation is 1. The first-order valence-electron chi connectivity index (χ1n) is 11.6. The molecule has 2 aromatic carbocycles. The van der Waals surface area contributed by atoms with Crippen LogP contribution in [0.4, 0.5) is 4.39 Å². The second-order valence-electron chi connectivity index (χ2n) is 8.75. The number of carbonyl (C=O) groups excluding carboxylic acids is 2. The third-order valence-corrected chi connectivity index (χ3v) is 6.46. The zero-order chi connectivity index (χ0) is 24.4. The van der Waals surface area contributed by atoms with Crippen molar-refractivity contribution in [2.75, 3.05) is 13.1 Å². The molecular weight excluding hydrogens is 447 g/mol. The van der Waals surface area contributed by atoms with E-state index in [2.05, 4.69) is 15.5 Å². The van der Waals surface area contributed by atoms with Crippen LogP contribution in [0.2, 0.25) is 0 Å². The molecule has 0 saturated carbocycles. The Morgan fingerprint density at radius 1 is 1.09 bits per heavy atom. The second kappa shape index (κ2) is 9.66. The van der Waals surface area contributed by atoms with Crippen LogP contribution in [-0.4, -0.2) is 39.9 Å². The summed E-state index contributed by atoms with van der Waals surface area (Å²) in [4.78, 5) is 32.3. The third-order valence-electron chi connectivity index (χ3n) is 6.46. The van der Waals surface area contributed by atoms with Crippen LogP contribution in [0.1, 0.15) is 34.5 Å². The van der Waals surface area contributed by atoms with Crippen molar-refractivity contribution in [3.05, 3.63) is 83.3 Å². The number of amides is 2. The van der Waals surface area contributed by atoms with Crippen molar-refractivity contribution in [2.45, 2.75) is 26.3 Å². The molecule has 3 heterocycles. The van der Waals surface area contributed by atoms with E-state index in [9.17, 15) is 14.0 Å². The van der Waals surface area contributed by atoms with Crippen LogP contribution in [0.15, 0.2) is 65.2 Å². The molecule has 1 aliphatic heterocycles. The molecule has 0 radical (unpaired) electrons. The fraction of sp³-hybridized carbons (Fsp3) is 0.259. The molecule has 2 amide bonds. The molecule has 8 heteroatoms.